The number of carbonyl (C=O) groups excluding carboxylic acids is 2. The summed E-state index contributed by atoms with van der Waals surface area (Å²) in [6, 6.07) is 17.0. The molecular formula is C22H29N3O2. The van der Waals surface area contributed by atoms with Crippen LogP contribution < -0.4 is 15.5 Å². The van der Waals surface area contributed by atoms with E-state index in [4.69, 9.17) is 0 Å². The van der Waals surface area contributed by atoms with Gasteiger partial charge in [0.25, 0.3) is 0 Å². The number of benzene rings is 2. The van der Waals surface area contributed by atoms with Crippen LogP contribution in [-0.2, 0) is 22.6 Å². The van der Waals surface area contributed by atoms with Crippen molar-refractivity contribution in [2.75, 3.05) is 19.0 Å². The molecule has 0 radical (unpaired) electrons. The normalized spacial score (nSPS) is 11.7. The number of hydrogen-bond donors (Lipinski definition) is 2. The molecule has 27 heavy (non-hydrogen) atoms. The topological polar surface area (TPSA) is 61.4 Å². The van der Waals surface area contributed by atoms with Gasteiger partial charge in [-0.25, -0.2) is 0 Å². The van der Waals surface area contributed by atoms with E-state index >= 15 is 0 Å². The minimum atomic E-state index is -0.553. The first kappa shape index (κ1) is 20.5. The number of carbonyl (C=O) groups is 2. The predicted molar refractivity (Wildman–Crippen MR) is 110 cm³/mol. The number of amides is 2. The van der Waals surface area contributed by atoms with Crippen molar-refractivity contribution in [1.29, 1.82) is 0 Å². The molecule has 5 heteroatoms. The molecule has 2 rings (SSSR count). The Kier molecular flexibility index (Phi) is 7.41. The van der Waals surface area contributed by atoms with E-state index in [1.807, 2.05) is 87.4 Å². The molecule has 5 nitrogen and oxygen atoms in total. The van der Waals surface area contributed by atoms with Crippen molar-refractivity contribution in [3.63, 3.8) is 0 Å². The van der Waals surface area contributed by atoms with Crippen LogP contribution in [0.15, 0.2) is 54.6 Å². The fourth-order valence-electron chi connectivity index (χ4n) is 2.75. The molecule has 2 amide bonds. The SMILES string of the molecule is CC(C)[C@H](NC(=O)Cc1ccccc1)C(=O)NCc1ccc(N(C)C)cc1. The molecule has 0 saturated heterocycles. The summed E-state index contributed by atoms with van der Waals surface area (Å²) in [6.45, 7) is 4.29. The molecule has 0 aromatic heterocycles. The summed E-state index contributed by atoms with van der Waals surface area (Å²) in [5.74, 6) is -0.311. The predicted octanol–water partition coefficient (Wildman–Crippen LogP) is 2.75. The fraction of sp³-hybridized carbons (Fsp3) is 0.364. The standard InChI is InChI=1S/C22H29N3O2/c1-16(2)21(24-20(26)14-17-8-6-5-7-9-17)22(27)23-15-18-10-12-19(13-11-18)25(3)4/h5-13,16,21H,14-15H2,1-4H3,(H,23,27)(H,24,26)/t21-/m0/s1. The van der Waals surface area contributed by atoms with Gasteiger partial charge in [-0.3, -0.25) is 9.59 Å². The summed E-state index contributed by atoms with van der Waals surface area (Å²) < 4.78 is 0. The van der Waals surface area contributed by atoms with E-state index in [0.717, 1.165) is 16.8 Å². The Morgan fingerprint density at radius 3 is 2.11 bits per heavy atom. The third-order valence-corrected chi connectivity index (χ3v) is 4.39. The summed E-state index contributed by atoms with van der Waals surface area (Å²) in [5, 5.41) is 5.80. The Bertz CT molecular complexity index is 740. The van der Waals surface area contributed by atoms with Crippen molar-refractivity contribution in [3.05, 3.63) is 65.7 Å². The maximum Gasteiger partial charge on any atom is 0.243 e. The van der Waals surface area contributed by atoms with Crippen LogP contribution in [0, 0.1) is 5.92 Å². The highest BCUT2D eigenvalue weighted by molar-refractivity contribution is 5.88. The summed E-state index contributed by atoms with van der Waals surface area (Å²) in [5.41, 5.74) is 3.06. The van der Waals surface area contributed by atoms with Crippen molar-refractivity contribution < 1.29 is 9.59 Å². The smallest absolute Gasteiger partial charge is 0.243 e. The highest BCUT2D eigenvalue weighted by Gasteiger charge is 2.23. The molecule has 2 N–H and O–H groups in total. The van der Waals surface area contributed by atoms with E-state index in [2.05, 4.69) is 10.6 Å². The zero-order valence-corrected chi connectivity index (χ0v) is 16.5. The Morgan fingerprint density at radius 1 is 0.926 bits per heavy atom. The van der Waals surface area contributed by atoms with Crippen molar-refractivity contribution in [1.82, 2.24) is 10.6 Å². The van der Waals surface area contributed by atoms with E-state index in [-0.39, 0.29) is 24.2 Å². The molecular weight excluding hydrogens is 338 g/mol. The van der Waals surface area contributed by atoms with Gasteiger partial charge in [0.1, 0.15) is 6.04 Å². The van der Waals surface area contributed by atoms with Crippen molar-refractivity contribution in [2.45, 2.75) is 32.9 Å². The van der Waals surface area contributed by atoms with E-state index in [1.165, 1.54) is 0 Å². The molecule has 144 valence electrons. The minimum absolute atomic E-state index is 0.000778. The number of hydrogen-bond acceptors (Lipinski definition) is 3. The Balaban J connectivity index is 1.91. The Hall–Kier alpha value is -2.82. The van der Waals surface area contributed by atoms with E-state index in [1.54, 1.807) is 0 Å². The van der Waals surface area contributed by atoms with Crippen molar-refractivity contribution in [3.8, 4) is 0 Å². The molecule has 0 heterocycles. The van der Waals surface area contributed by atoms with Crippen molar-refractivity contribution >= 4 is 17.5 Å². The van der Waals surface area contributed by atoms with Gasteiger partial charge in [0, 0.05) is 26.3 Å². The average Bonchev–Trinajstić information content (AvgIpc) is 2.65. The zero-order valence-electron chi connectivity index (χ0n) is 16.5. The highest BCUT2D eigenvalue weighted by Crippen LogP contribution is 2.12. The number of nitrogens with zero attached hydrogens (tertiary/aromatic N) is 1. The van der Waals surface area contributed by atoms with Crippen LogP contribution >= 0.6 is 0 Å². The summed E-state index contributed by atoms with van der Waals surface area (Å²) >= 11 is 0. The molecule has 0 aliphatic heterocycles. The van der Waals surface area contributed by atoms with Crippen LogP contribution in [0.2, 0.25) is 0 Å². The molecule has 0 unspecified atom stereocenters. The van der Waals surface area contributed by atoms with Crippen LogP contribution in [0.25, 0.3) is 0 Å². The van der Waals surface area contributed by atoms with Gasteiger partial charge in [-0.15, -0.1) is 0 Å². The molecule has 1 atom stereocenters. The monoisotopic (exact) mass is 367 g/mol. The van der Waals surface area contributed by atoms with Gasteiger partial charge < -0.3 is 15.5 Å². The van der Waals surface area contributed by atoms with Gasteiger partial charge >= 0.3 is 0 Å². The molecule has 0 aliphatic rings. The maximum atomic E-state index is 12.6. The lowest BCUT2D eigenvalue weighted by Gasteiger charge is -2.22. The lowest BCUT2D eigenvalue weighted by Crippen LogP contribution is -2.49. The lowest BCUT2D eigenvalue weighted by atomic mass is 10.0. The first-order valence-corrected chi connectivity index (χ1v) is 9.24. The van der Waals surface area contributed by atoms with Gasteiger partial charge in [-0.1, -0.05) is 56.3 Å². The van der Waals surface area contributed by atoms with E-state index in [9.17, 15) is 9.59 Å². The second kappa shape index (κ2) is 9.76. The van der Waals surface area contributed by atoms with E-state index in [0.29, 0.717) is 6.54 Å². The zero-order chi connectivity index (χ0) is 19.8. The largest absolute Gasteiger partial charge is 0.378 e. The first-order valence-electron chi connectivity index (χ1n) is 9.24. The second-order valence-corrected chi connectivity index (χ2v) is 7.23. The molecule has 0 saturated carbocycles. The summed E-state index contributed by atoms with van der Waals surface area (Å²) in [7, 11) is 3.98. The van der Waals surface area contributed by atoms with Crippen LogP contribution in [-0.4, -0.2) is 32.0 Å². The van der Waals surface area contributed by atoms with Crippen LogP contribution in [0.1, 0.15) is 25.0 Å². The number of rotatable bonds is 8. The fourth-order valence-corrected chi connectivity index (χ4v) is 2.75. The van der Waals surface area contributed by atoms with Gasteiger partial charge in [0.15, 0.2) is 0 Å². The average molecular weight is 367 g/mol. The highest BCUT2D eigenvalue weighted by atomic mass is 16.2. The van der Waals surface area contributed by atoms with E-state index < -0.39 is 6.04 Å². The molecule has 0 fully saturated rings. The van der Waals surface area contributed by atoms with Gasteiger partial charge in [-0.2, -0.15) is 0 Å². The number of nitrogens with one attached hydrogen (secondary N) is 2. The molecule has 0 aliphatic carbocycles. The van der Waals surface area contributed by atoms with Gasteiger partial charge in [-0.05, 0) is 29.2 Å². The first-order chi connectivity index (χ1) is 12.9. The van der Waals surface area contributed by atoms with Crippen LogP contribution in [0.4, 0.5) is 5.69 Å². The molecule has 0 spiro atoms. The van der Waals surface area contributed by atoms with Gasteiger partial charge in [0.05, 0.1) is 6.42 Å². The Labute approximate surface area is 161 Å². The van der Waals surface area contributed by atoms with Gasteiger partial charge in [0.2, 0.25) is 11.8 Å². The molecule has 2 aromatic carbocycles. The third-order valence-electron chi connectivity index (χ3n) is 4.39. The lowest BCUT2D eigenvalue weighted by molar-refractivity contribution is -0.129. The summed E-state index contributed by atoms with van der Waals surface area (Å²) in [6.07, 6.45) is 0.267. The van der Waals surface area contributed by atoms with Crippen LogP contribution in [0.3, 0.4) is 0 Å². The Morgan fingerprint density at radius 2 is 1.56 bits per heavy atom. The molecule has 2 aromatic rings. The summed E-state index contributed by atoms with van der Waals surface area (Å²) in [4.78, 5) is 26.9. The number of anilines is 1. The van der Waals surface area contributed by atoms with Crippen LogP contribution in [0.5, 0.6) is 0 Å². The van der Waals surface area contributed by atoms with Crippen molar-refractivity contribution in [2.24, 2.45) is 5.92 Å². The minimum Gasteiger partial charge on any atom is -0.378 e. The second-order valence-electron chi connectivity index (χ2n) is 7.23. The molecule has 0 bridgehead atoms. The third kappa shape index (κ3) is 6.44. The quantitative estimate of drug-likeness (QED) is 0.754. The maximum absolute atomic E-state index is 12.6.